The molecule has 0 saturated carbocycles. The molecule has 0 bridgehead atoms. The number of likely N-dealkylation sites (N-methyl/N-ethyl adjacent to an activating group) is 1. The van der Waals surface area contributed by atoms with E-state index in [0.717, 1.165) is 31.0 Å². The van der Waals surface area contributed by atoms with Crippen molar-refractivity contribution >= 4 is 5.82 Å². The summed E-state index contributed by atoms with van der Waals surface area (Å²) in [6.07, 6.45) is 3.12. The lowest BCUT2D eigenvalue weighted by Crippen LogP contribution is -2.36. The van der Waals surface area contributed by atoms with Gasteiger partial charge in [-0.05, 0) is 26.5 Å². The van der Waals surface area contributed by atoms with Crippen LogP contribution in [0.25, 0.3) is 0 Å². The van der Waals surface area contributed by atoms with E-state index in [9.17, 15) is 0 Å². The van der Waals surface area contributed by atoms with E-state index in [2.05, 4.69) is 29.3 Å². The molecule has 1 saturated heterocycles. The number of nitrogens with two attached hydrogens (primary N) is 1. The lowest BCUT2D eigenvalue weighted by molar-refractivity contribution is 0.0814. The molecule has 0 aromatic carbocycles. The number of ether oxygens (including phenoxy) is 1. The van der Waals surface area contributed by atoms with Gasteiger partial charge >= 0.3 is 0 Å². The smallest absolute Gasteiger partial charge is 0.144 e. The first-order valence-electron chi connectivity index (χ1n) is 5.94. The molecule has 0 amide bonds. The van der Waals surface area contributed by atoms with Crippen LogP contribution in [0.4, 0.5) is 5.82 Å². The molecule has 5 nitrogen and oxygen atoms in total. The quantitative estimate of drug-likeness (QED) is 0.602. The fourth-order valence-corrected chi connectivity index (χ4v) is 2.38. The number of nitrogens with one attached hydrogen (secondary N) is 1. The van der Waals surface area contributed by atoms with Gasteiger partial charge in [0.15, 0.2) is 0 Å². The van der Waals surface area contributed by atoms with Gasteiger partial charge in [-0.2, -0.15) is 0 Å². The summed E-state index contributed by atoms with van der Waals surface area (Å²) in [5.74, 6) is 6.19. The van der Waals surface area contributed by atoms with Gasteiger partial charge in [0.05, 0.1) is 6.10 Å². The Hall–Kier alpha value is -1.17. The summed E-state index contributed by atoms with van der Waals surface area (Å²) in [5, 5.41) is 0. The van der Waals surface area contributed by atoms with Gasteiger partial charge in [0, 0.05) is 31.0 Å². The number of hydrazine groups is 1. The molecule has 1 aromatic heterocycles. The zero-order chi connectivity index (χ0) is 12.3. The Labute approximate surface area is 102 Å². The van der Waals surface area contributed by atoms with Gasteiger partial charge in [-0.15, -0.1) is 0 Å². The minimum atomic E-state index is 0.297. The predicted molar refractivity (Wildman–Crippen MR) is 67.3 cm³/mol. The highest BCUT2D eigenvalue weighted by molar-refractivity contribution is 5.42. The van der Waals surface area contributed by atoms with E-state index in [1.807, 2.05) is 12.1 Å². The number of nitrogens with zero attached hydrogens (tertiary/aromatic N) is 2. The summed E-state index contributed by atoms with van der Waals surface area (Å²) in [4.78, 5) is 6.50. The molecule has 0 spiro atoms. The number of anilines is 1. The summed E-state index contributed by atoms with van der Waals surface area (Å²) >= 11 is 0. The van der Waals surface area contributed by atoms with Crippen molar-refractivity contribution in [3.05, 3.63) is 23.9 Å². The van der Waals surface area contributed by atoms with Crippen LogP contribution in [-0.2, 0) is 11.3 Å². The number of nitrogen functional groups attached to an aromatic ring is 1. The lowest BCUT2D eigenvalue weighted by atomic mass is 10.1. The van der Waals surface area contributed by atoms with Crippen LogP contribution >= 0.6 is 0 Å². The number of hydrogen-bond acceptors (Lipinski definition) is 5. The molecule has 5 heteroatoms. The van der Waals surface area contributed by atoms with Crippen LogP contribution in [0, 0.1) is 0 Å². The monoisotopic (exact) mass is 236 g/mol. The van der Waals surface area contributed by atoms with Crippen molar-refractivity contribution in [2.24, 2.45) is 5.84 Å². The van der Waals surface area contributed by atoms with E-state index in [1.165, 1.54) is 0 Å². The Morgan fingerprint density at radius 1 is 1.65 bits per heavy atom. The van der Waals surface area contributed by atoms with Crippen LogP contribution in [0.5, 0.6) is 0 Å². The van der Waals surface area contributed by atoms with E-state index in [1.54, 1.807) is 6.20 Å². The SMILES string of the molecule is CC1OCCC1N(C)Cc1cccnc1NN. The molecule has 2 heterocycles. The maximum Gasteiger partial charge on any atom is 0.144 e. The van der Waals surface area contributed by atoms with Crippen molar-refractivity contribution in [1.82, 2.24) is 9.88 Å². The highest BCUT2D eigenvalue weighted by Gasteiger charge is 2.28. The van der Waals surface area contributed by atoms with Gasteiger partial charge in [0.2, 0.25) is 0 Å². The molecular weight excluding hydrogens is 216 g/mol. The van der Waals surface area contributed by atoms with Crippen LogP contribution in [0.15, 0.2) is 18.3 Å². The third-order valence-corrected chi connectivity index (χ3v) is 3.35. The average Bonchev–Trinajstić information content (AvgIpc) is 2.76. The number of hydrogen-bond donors (Lipinski definition) is 2. The van der Waals surface area contributed by atoms with Crippen molar-refractivity contribution in [2.75, 3.05) is 19.1 Å². The van der Waals surface area contributed by atoms with Gasteiger partial charge in [-0.3, -0.25) is 4.90 Å². The van der Waals surface area contributed by atoms with E-state index < -0.39 is 0 Å². The van der Waals surface area contributed by atoms with E-state index in [-0.39, 0.29) is 0 Å². The third-order valence-electron chi connectivity index (χ3n) is 3.35. The molecule has 1 aliphatic rings. The Morgan fingerprint density at radius 3 is 3.12 bits per heavy atom. The van der Waals surface area contributed by atoms with Crippen molar-refractivity contribution in [2.45, 2.75) is 32.0 Å². The fraction of sp³-hybridized carbons (Fsp3) is 0.583. The highest BCUT2D eigenvalue weighted by atomic mass is 16.5. The molecule has 0 aliphatic carbocycles. The fourth-order valence-electron chi connectivity index (χ4n) is 2.38. The second-order valence-corrected chi connectivity index (χ2v) is 4.50. The summed E-state index contributed by atoms with van der Waals surface area (Å²) in [5.41, 5.74) is 3.74. The van der Waals surface area contributed by atoms with Gasteiger partial charge in [0.1, 0.15) is 5.82 Å². The van der Waals surface area contributed by atoms with Gasteiger partial charge < -0.3 is 10.2 Å². The van der Waals surface area contributed by atoms with Crippen molar-refractivity contribution in [1.29, 1.82) is 0 Å². The van der Waals surface area contributed by atoms with E-state index in [4.69, 9.17) is 10.6 Å². The molecular formula is C12H20N4O. The maximum atomic E-state index is 5.58. The van der Waals surface area contributed by atoms with Gasteiger partial charge in [-0.25, -0.2) is 10.8 Å². The molecule has 2 atom stereocenters. The van der Waals surface area contributed by atoms with Crippen LogP contribution in [0.1, 0.15) is 18.9 Å². The van der Waals surface area contributed by atoms with Crippen LogP contribution in [0.2, 0.25) is 0 Å². The van der Waals surface area contributed by atoms with Crippen LogP contribution in [0.3, 0.4) is 0 Å². The Bertz CT molecular complexity index is 371. The zero-order valence-electron chi connectivity index (χ0n) is 10.4. The van der Waals surface area contributed by atoms with Crippen molar-refractivity contribution in [3.63, 3.8) is 0 Å². The molecule has 3 N–H and O–H groups in total. The summed E-state index contributed by atoms with van der Waals surface area (Å²) in [6, 6.07) is 4.44. The topological polar surface area (TPSA) is 63.4 Å². The van der Waals surface area contributed by atoms with Crippen molar-refractivity contribution < 1.29 is 4.74 Å². The normalized spacial score (nSPS) is 24.2. The Kier molecular flexibility index (Phi) is 3.93. The molecule has 1 fully saturated rings. The number of rotatable bonds is 4. The lowest BCUT2D eigenvalue weighted by Gasteiger charge is -2.27. The molecule has 0 radical (unpaired) electrons. The van der Waals surface area contributed by atoms with Gasteiger partial charge in [0.25, 0.3) is 0 Å². The van der Waals surface area contributed by atoms with E-state index >= 15 is 0 Å². The summed E-state index contributed by atoms with van der Waals surface area (Å²) < 4.78 is 5.58. The van der Waals surface area contributed by atoms with Gasteiger partial charge in [-0.1, -0.05) is 6.07 Å². The Morgan fingerprint density at radius 2 is 2.47 bits per heavy atom. The first-order chi connectivity index (χ1) is 8.22. The predicted octanol–water partition coefficient (Wildman–Crippen LogP) is 0.976. The first kappa shape index (κ1) is 12.3. The second kappa shape index (κ2) is 5.44. The molecule has 94 valence electrons. The highest BCUT2D eigenvalue weighted by Crippen LogP contribution is 2.21. The second-order valence-electron chi connectivity index (χ2n) is 4.50. The minimum Gasteiger partial charge on any atom is -0.377 e. The molecule has 1 aromatic rings. The summed E-state index contributed by atoms with van der Waals surface area (Å²) in [6.45, 7) is 3.80. The largest absolute Gasteiger partial charge is 0.377 e. The third kappa shape index (κ3) is 2.74. The van der Waals surface area contributed by atoms with Crippen molar-refractivity contribution in [3.8, 4) is 0 Å². The Balaban J connectivity index is 2.04. The molecule has 2 unspecified atom stereocenters. The minimum absolute atomic E-state index is 0.297. The summed E-state index contributed by atoms with van der Waals surface area (Å²) in [7, 11) is 2.11. The zero-order valence-corrected chi connectivity index (χ0v) is 10.4. The number of aromatic nitrogens is 1. The van der Waals surface area contributed by atoms with Crippen LogP contribution < -0.4 is 11.3 Å². The molecule has 17 heavy (non-hydrogen) atoms. The molecule has 1 aliphatic heterocycles. The first-order valence-corrected chi connectivity index (χ1v) is 5.94. The molecule has 2 rings (SSSR count). The standard InChI is InChI=1S/C12H20N4O/c1-9-11(5-7-17-9)16(2)8-10-4-3-6-14-12(10)15-13/h3-4,6,9,11H,5,7-8,13H2,1-2H3,(H,14,15). The maximum absolute atomic E-state index is 5.58. The average molecular weight is 236 g/mol. The van der Waals surface area contributed by atoms with E-state index in [0.29, 0.717) is 12.1 Å². The number of pyridine rings is 1. The van der Waals surface area contributed by atoms with Crippen LogP contribution in [-0.4, -0.2) is 35.7 Å².